The van der Waals surface area contributed by atoms with E-state index < -0.39 is 23.2 Å². The Bertz CT molecular complexity index is 1270. The fourth-order valence-electron chi connectivity index (χ4n) is 3.19. The number of carbonyl (C=O) groups excluding carboxylic acids is 1. The monoisotopic (exact) mass is 419 g/mol. The summed E-state index contributed by atoms with van der Waals surface area (Å²) in [6.07, 6.45) is 1.53. The highest BCUT2D eigenvalue weighted by Gasteiger charge is 2.37. The summed E-state index contributed by atoms with van der Waals surface area (Å²) in [5.41, 5.74) is 0.537. The molecule has 4 nitrogen and oxygen atoms in total. The highest BCUT2D eigenvalue weighted by molar-refractivity contribution is 6.08. The van der Waals surface area contributed by atoms with Gasteiger partial charge in [-0.1, -0.05) is 42.5 Å². The van der Waals surface area contributed by atoms with Crippen LogP contribution in [0.5, 0.6) is 0 Å². The van der Waals surface area contributed by atoms with E-state index in [1.54, 1.807) is 42.6 Å². The van der Waals surface area contributed by atoms with Gasteiger partial charge in [0.05, 0.1) is 22.3 Å². The van der Waals surface area contributed by atoms with Crippen LogP contribution in [0.4, 0.5) is 18.9 Å². The van der Waals surface area contributed by atoms with Crippen LogP contribution in [0.15, 0.2) is 79.1 Å². The van der Waals surface area contributed by atoms with Crippen LogP contribution < -0.4 is 5.32 Å². The minimum Gasteiger partial charge on any atom is -0.322 e. The van der Waals surface area contributed by atoms with E-state index in [1.807, 2.05) is 24.3 Å². The average molecular weight is 419 g/mol. The third-order valence-corrected chi connectivity index (χ3v) is 4.58. The summed E-state index contributed by atoms with van der Waals surface area (Å²) in [6.45, 7) is 0. The van der Waals surface area contributed by atoms with Crippen LogP contribution in [-0.4, -0.2) is 15.9 Å². The Morgan fingerprint density at radius 1 is 0.903 bits per heavy atom. The number of carbonyl (C=O) groups is 1. The fourth-order valence-corrected chi connectivity index (χ4v) is 3.19. The van der Waals surface area contributed by atoms with Gasteiger partial charge >= 0.3 is 6.18 Å². The van der Waals surface area contributed by atoms with Crippen LogP contribution in [0.1, 0.15) is 27.2 Å². The number of para-hydroxylation sites is 1. The largest absolute Gasteiger partial charge is 0.417 e. The highest BCUT2D eigenvalue weighted by Crippen LogP contribution is 2.37. The van der Waals surface area contributed by atoms with Gasteiger partial charge < -0.3 is 5.32 Å². The molecule has 0 aliphatic carbocycles. The van der Waals surface area contributed by atoms with Crippen molar-refractivity contribution >= 4 is 34.6 Å². The molecule has 0 aliphatic heterocycles. The van der Waals surface area contributed by atoms with E-state index >= 15 is 0 Å². The maximum atomic E-state index is 13.8. The molecule has 4 rings (SSSR count). The number of nitrogens with one attached hydrogen (secondary N) is 1. The van der Waals surface area contributed by atoms with Crippen molar-refractivity contribution in [1.82, 2.24) is 9.97 Å². The molecular weight excluding hydrogens is 403 g/mol. The molecule has 31 heavy (non-hydrogen) atoms. The summed E-state index contributed by atoms with van der Waals surface area (Å²) in [5.74, 6) is -0.878. The highest BCUT2D eigenvalue weighted by atomic mass is 19.4. The molecule has 2 aromatic heterocycles. The molecule has 0 bridgehead atoms. The molecule has 0 spiro atoms. The number of amides is 1. The SMILES string of the molecule is O=C(Nc1cccc(C=Cc2ccccn2)c1)c1cnc2ccccc2c1C(F)(F)F. The summed E-state index contributed by atoms with van der Waals surface area (Å²) >= 11 is 0. The fraction of sp³-hybridized carbons (Fsp3) is 0.0417. The van der Waals surface area contributed by atoms with Gasteiger partial charge in [0, 0.05) is 23.5 Å². The molecule has 1 amide bonds. The number of benzene rings is 2. The summed E-state index contributed by atoms with van der Waals surface area (Å²) in [4.78, 5) is 20.9. The smallest absolute Gasteiger partial charge is 0.322 e. The van der Waals surface area contributed by atoms with Crippen molar-refractivity contribution in [3.63, 3.8) is 0 Å². The minimum absolute atomic E-state index is 0.116. The topological polar surface area (TPSA) is 54.9 Å². The van der Waals surface area contributed by atoms with E-state index in [4.69, 9.17) is 0 Å². The molecule has 2 heterocycles. The molecule has 0 saturated carbocycles. The number of alkyl halides is 3. The van der Waals surface area contributed by atoms with E-state index in [2.05, 4.69) is 15.3 Å². The molecule has 0 fully saturated rings. The zero-order valence-corrected chi connectivity index (χ0v) is 16.1. The standard InChI is InChI=1S/C24H16F3N3O/c25-24(26,27)22-19-9-1-2-10-21(19)29-15-20(22)23(31)30-18-8-5-6-16(14-18)11-12-17-7-3-4-13-28-17/h1-15H,(H,30,31). The van der Waals surface area contributed by atoms with E-state index in [0.29, 0.717) is 5.69 Å². The third-order valence-electron chi connectivity index (χ3n) is 4.58. The van der Waals surface area contributed by atoms with Gasteiger partial charge in [0.1, 0.15) is 0 Å². The van der Waals surface area contributed by atoms with E-state index in [9.17, 15) is 18.0 Å². The lowest BCUT2D eigenvalue weighted by Gasteiger charge is -2.15. The molecular formula is C24H16F3N3O. The van der Waals surface area contributed by atoms with E-state index in [0.717, 1.165) is 17.5 Å². The molecule has 2 aromatic carbocycles. The first-order chi connectivity index (χ1) is 14.9. The van der Waals surface area contributed by atoms with Crippen LogP contribution in [0, 0.1) is 0 Å². The van der Waals surface area contributed by atoms with Crippen molar-refractivity contribution in [2.75, 3.05) is 5.32 Å². The second-order valence-electron chi connectivity index (χ2n) is 6.73. The van der Waals surface area contributed by atoms with Crippen LogP contribution in [0.25, 0.3) is 23.1 Å². The molecule has 1 N–H and O–H groups in total. The predicted octanol–water partition coefficient (Wildman–Crippen LogP) is 6.07. The number of rotatable bonds is 4. The van der Waals surface area contributed by atoms with Gasteiger partial charge in [-0.05, 0) is 42.0 Å². The van der Waals surface area contributed by atoms with Crippen LogP contribution >= 0.6 is 0 Å². The van der Waals surface area contributed by atoms with Crippen molar-refractivity contribution in [2.45, 2.75) is 6.18 Å². The van der Waals surface area contributed by atoms with Gasteiger partial charge in [0.2, 0.25) is 0 Å². The number of nitrogens with zero attached hydrogens (tertiary/aromatic N) is 2. The van der Waals surface area contributed by atoms with Crippen molar-refractivity contribution in [2.24, 2.45) is 0 Å². The van der Waals surface area contributed by atoms with Crippen molar-refractivity contribution < 1.29 is 18.0 Å². The number of anilines is 1. The third kappa shape index (κ3) is 4.61. The molecule has 7 heteroatoms. The maximum Gasteiger partial charge on any atom is 0.417 e. The lowest BCUT2D eigenvalue weighted by Crippen LogP contribution is -2.19. The average Bonchev–Trinajstić information content (AvgIpc) is 2.77. The number of fused-ring (bicyclic) bond motifs is 1. The first-order valence-corrected chi connectivity index (χ1v) is 9.37. The van der Waals surface area contributed by atoms with Gasteiger partial charge in [-0.2, -0.15) is 13.2 Å². The molecule has 4 aromatic rings. The van der Waals surface area contributed by atoms with Gasteiger partial charge in [0.25, 0.3) is 5.91 Å². The van der Waals surface area contributed by atoms with Crippen LogP contribution in [0.3, 0.4) is 0 Å². The summed E-state index contributed by atoms with van der Waals surface area (Å²) in [6, 6.07) is 18.2. The quantitative estimate of drug-likeness (QED) is 0.437. The molecule has 0 saturated heterocycles. The Kier molecular flexibility index (Phi) is 5.49. The van der Waals surface area contributed by atoms with Gasteiger partial charge in [-0.15, -0.1) is 0 Å². The first-order valence-electron chi connectivity index (χ1n) is 9.37. The van der Waals surface area contributed by atoms with Crippen molar-refractivity contribution in [1.29, 1.82) is 0 Å². The molecule has 0 aliphatic rings. The number of halogens is 3. The lowest BCUT2D eigenvalue weighted by atomic mass is 10.0. The van der Waals surface area contributed by atoms with Crippen molar-refractivity contribution in [3.05, 3.63) is 102 Å². The first kappa shape index (κ1) is 20.3. The number of pyridine rings is 2. The second-order valence-corrected chi connectivity index (χ2v) is 6.73. The molecule has 0 atom stereocenters. The van der Waals surface area contributed by atoms with Gasteiger partial charge in [-0.3, -0.25) is 14.8 Å². The van der Waals surface area contributed by atoms with Gasteiger partial charge in [-0.25, -0.2) is 0 Å². The number of hydrogen-bond donors (Lipinski definition) is 1. The second kappa shape index (κ2) is 8.39. The predicted molar refractivity (Wildman–Crippen MR) is 114 cm³/mol. The van der Waals surface area contributed by atoms with Gasteiger partial charge in [0.15, 0.2) is 0 Å². The van der Waals surface area contributed by atoms with Crippen LogP contribution in [-0.2, 0) is 6.18 Å². The Balaban J connectivity index is 1.63. The number of hydrogen-bond acceptors (Lipinski definition) is 3. The zero-order chi connectivity index (χ0) is 21.8. The normalized spacial score (nSPS) is 11.7. The van der Waals surface area contributed by atoms with Crippen molar-refractivity contribution in [3.8, 4) is 0 Å². The Morgan fingerprint density at radius 3 is 2.48 bits per heavy atom. The molecule has 154 valence electrons. The Hall–Kier alpha value is -4.00. The summed E-state index contributed by atoms with van der Waals surface area (Å²) in [5, 5.41) is 2.43. The van der Waals surface area contributed by atoms with Crippen LogP contribution in [0.2, 0.25) is 0 Å². The Labute approximate surface area is 176 Å². The maximum absolute atomic E-state index is 13.8. The molecule has 0 radical (unpaired) electrons. The minimum atomic E-state index is -4.71. The summed E-state index contributed by atoms with van der Waals surface area (Å²) < 4.78 is 41.3. The zero-order valence-electron chi connectivity index (χ0n) is 16.1. The number of aromatic nitrogens is 2. The summed E-state index contributed by atoms with van der Waals surface area (Å²) in [7, 11) is 0. The lowest BCUT2D eigenvalue weighted by molar-refractivity contribution is -0.136. The van der Waals surface area contributed by atoms with E-state index in [-0.39, 0.29) is 10.9 Å². The van der Waals surface area contributed by atoms with E-state index in [1.165, 1.54) is 18.2 Å². The Morgan fingerprint density at radius 2 is 1.71 bits per heavy atom. The molecule has 0 unspecified atom stereocenters.